The van der Waals surface area contributed by atoms with Crippen LogP contribution in [0.25, 0.3) is 10.9 Å². The van der Waals surface area contributed by atoms with Crippen LogP contribution in [0.3, 0.4) is 0 Å². The van der Waals surface area contributed by atoms with Gasteiger partial charge in [-0.05, 0) is 50.8 Å². The lowest BCUT2D eigenvalue weighted by Crippen LogP contribution is -2.26. The predicted molar refractivity (Wildman–Crippen MR) is 91.9 cm³/mol. The summed E-state index contributed by atoms with van der Waals surface area (Å²) >= 11 is 0. The van der Waals surface area contributed by atoms with E-state index in [-0.39, 0.29) is 11.3 Å². The smallest absolute Gasteiger partial charge is 0.248 e. The lowest BCUT2D eigenvalue weighted by Gasteiger charge is -2.16. The van der Waals surface area contributed by atoms with Crippen molar-refractivity contribution in [2.45, 2.75) is 19.4 Å². The molecular weight excluding hydrogens is 294 g/mol. The van der Waals surface area contributed by atoms with Crippen LogP contribution in [0.4, 0.5) is 0 Å². The van der Waals surface area contributed by atoms with Crippen molar-refractivity contribution in [2.75, 3.05) is 33.2 Å². The molecule has 0 radical (unpaired) electrons. The van der Waals surface area contributed by atoms with Gasteiger partial charge < -0.3 is 25.4 Å². The molecule has 0 spiro atoms. The van der Waals surface area contributed by atoms with Gasteiger partial charge in [0, 0.05) is 18.0 Å². The number of aromatic hydroxyl groups is 1. The third-order valence-electron chi connectivity index (χ3n) is 4.04. The summed E-state index contributed by atoms with van der Waals surface area (Å²) in [4.78, 5) is 16.2. The second-order valence-corrected chi connectivity index (χ2v) is 5.75. The van der Waals surface area contributed by atoms with Gasteiger partial charge in [-0.3, -0.25) is 4.79 Å². The number of nitrogens with one attached hydrogen (secondary N) is 2. The fraction of sp³-hybridized carbons (Fsp3) is 0.471. The first kappa shape index (κ1) is 17.5. The highest BCUT2D eigenvalue weighted by Crippen LogP contribution is 2.28. The number of H-pyrrole nitrogens is 1. The van der Waals surface area contributed by atoms with Gasteiger partial charge in [-0.25, -0.2) is 0 Å². The fourth-order valence-corrected chi connectivity index (χ4v) is 2.53. The minimum Gasteiger partial charge on any atom is -0.506 e. The van der Waals surface area contributed by atoms with Crippen molar-refractivity contribution in [3.05, 3.63) is 40.2 Å². The van der Waals surface area contributed by atoms with Gasteiger partial charge in [0.1, 0.15) is 5.75 Å². The average molecular weight is 319 g/mol. The van der Waals surface area contributed by atoms with E-state index in [0.717, 1.165) is 26.1 Å². The molecule has 1 aromatic heterocycles. The minimum absolute atomic E-state index is 0.00390. The predicted octanol–water partition coefficient (Wildman–Crippen LogP) is 1.20. The number of benzene rings is 1. The Kier molecular flexibility index (Phi) is 6.15. The van der Waals surface area contributed by atoms with Crippen LogP contribution in [-0.2, 0) is 0 Å². The number of aromatic amines is 1. The summed E-state index contributed by atoms with van der Waals surface area (Å²) in [6.45, 7) is 5.42. The molecular formula is C17H25N3O3. The van der Waals surface area contributed by atoms with Crippen molar-refractivity contribution >= 4 is 10.9 Å². The zero-order valence-electron chi connectivity index (χ0n) is 13.7. The summed E-state index contributed by atoms with van der Waals surface area (Å²) < 4.78 is 0. The normalized spacial score (nSPS) is 12.9. The largest absolute Gasteiger partial charge is 0.506 e. The van der Waals surface area contributed by atoms with E-state index < -0.39 is 6.10 Å². The Morgan fingerprint density at radius 1 is 1.30 bits per heavy atom. The first-order chi connectivity index (χ1) is 11.0. The maximum Gasteiger partial charge on any atom is 0.248 e. The van der Waals surface area contributed by atoms with Gasteiger partial charge in [0.15, 0.2) is 0 Å². The number of aliphatic hydroxyl groups is 1. The molecule has 2 rings (SSSR count). The first-order valence-corrected chi connectivity index (χ1v) is 7.95. The highest BCUT2D eigenvalue weighted by molar-refractivity contribution is 5.87. The van der Waals surface area contributed by atoms with E-state index in [2.05, 4.69) is 29.2 Å². The molecule has 1 atom stereocenters. The Balaban J connectivity index is 2.00. The molecule has 1 heterocycles. The van der Waals surface area contributed by atoms with Gasteiger partial charge in [-0.1, -0.05) is 13.0 Å². The minimum atomic E-state index is -0.701. The molecule has 126 valence electrons. The Hall–Kier alpha value is -1.89. The molecule has 23 heavy (non-hydrogen) atoms. The molecule has 1 unspecified atom stereocenters. The van der Waals surface area contributed by atoms with Crippen LogP contribution in [0, 0.1) is 0 Å². The Morgan fingerprint density at radius 3 is 2.83 bits per heavy atom. The van der Waals surface area contributed by atoms with E-state index in [9.17, 15) is 15.0 Å². The van der Waals surface area contributed by atoms with E-state index in [4.69, 9.17) is 0 Å². The number of fused-ring (bicyclic) bond motifs is 1. The zero-order chi connectivity index (χ0) is 16.8. The van der Waals surface area contributed by atoms with Crippen LogP contribution in [0.15, 0.2) is 29.1 Å². The Labute approximate surface area is 135 Å². The van der Waals surface area contributed by atoms with Crippen LogP contribution in [0.1, 0.15) is 25.0 Å². The molecule has 1 aromatic carbocycles. The van der Waals surface area contributed by atoms with Crippen molar-refractivity contribution < 1.29 is 10.2 Å². The van der Waals surface area contributed by atoms with E-state index in [0.29, 0.717) is 23.0 Å². The van der Waals surface area contributed by atoms with E-state index in [1.54, 1.807) is 12.1 Å². The highest BCUT2D eigenvalue weighted by Gasteiger charge is 2.13. The maximum absolute atomic E-state index is 11.4. The molecule has 0 aliphatic rings. The molecule has 6 heteroatoms. The van der Waals surface area contributed by atoms with Gasteiger partial charge in [0.2, 0.25) is 5.56 Å². The second kappa shape index (κ2) is 8.10. The summed E-state index contributed by atoms with van der Waals surface area (Å²) in [5, 5.41) is 24.1. The second-order valence-electron chi connectivity index (χ2n) is 5.75. The Morgan fingerprint density at radius 2 is 2.09 bits per heavy atom. The van der Waals surface area contributed by atoms with E-state index in [1.807, 2.05) is 0 Å². The molecule has 2 aromatic rings. The first-order valence-electron chi connectivity index (χ1n) is 7.95. The lowest BCUT2D eigenvalue weighted by molar-refractivity contribution is 0.175. The number of aliphatic hydroxyl groups excluding tert-OH is 1. The molecule has 0 amide bonds. The number of hydrogen-bond acceptors (Lipinski definition) is 5. The summed E-state index contributed by atoms with van der Waals surface area (Å²) in [5.41, 5.74) is 0.767. The molecule has 0 saturated carbocycles. The maximum atomic E-state index is 11.4. The van der Waals surface area contributed by atoms with Crippen molar-refractivity contribution in [2.24, 2.45) is 0 Å². The van der Waals surface area contributed by atoms with Gasteiger partial charge in [0.05, 0.1) is 11.6 Å². The van der Waals surface area contributed by atoms with Gasteiger partial charge in [0.25, 0.3) is 0 Å². The molecule has 0 fully saturated rings. The van der Waals surface area contributed by atoms with Crippen LogP contribution >= 0.6 is 0 Å². The third-order valence-corrected chi connectivity index (χ3v) is 4.04. The number of rotatable bonds is 8. The molecule has 4 N–H and O–H groups in total. The lowest BCUT2D eigenvalue weighted by atomic mass is 10.0. The number of nitrogens with zero attached hydrogens (tertiary/aromatic N) is 1. The van der Waals surface area contributed by atoms with Crippen molar-refractivity contribution in [3.63, 3.8) is 0 Å². The number of pyridine rings is 1. The molecule has 0 saturated heterocycles. The fourth-order valence-electron chi connectivity index (χ4n) is 2.53. The van der Waals surface area contributed by atoms with Gasteiger partial charge in [-0.2, -0.15) is 0 Å². The number of aromatic nitrogens is 1. The van der Waals surface area contributed by atoms with E-state index >= 15 is 0 Å². The monoisotopic (exact) mass is 319 g/mol. The molecule has 0 bridgehead atoms. The average Bonchev–Trinajstić information content (AvgIpc) is 2.54. The van der Waals surface area contributed by atoms with Gasteiger partial charge in [-0.15, -0.1) is 0 Å². The van der Waals surface area contributed by atoms with Crippen LogP contribution in [0.2, 0.25) is 0 Å². The number of phenols is 1. The van der Waals surface area contributed by atoms with Crippen LogP contribution in [-0.4, -0.2) is 53.3 Å². The van der Waals surface area contributed by atoms with Crippen molar-refractivity contribution in [1.29, 1.82) is 0 Å². The van der Waals surface area contributed by atoms with Crippen molar-refractivity contribution in [1.82, 2.24) is 15.2 Å². The standard InChI is InChI=1S/C17H25N3O3/c1-3-20(2)10-4-9-18-11-15(22)12-5-7-14(21)17-13(12)6-8-16(23)19-17/h5-8,15,18,21-22H,3-4,9-11H2,1-2H3,(H,19,23). The summed E-state index contributed by atoms with van der Waals surface area (Å²) in [5.74, 6) is 0.00390. The quantitative estimate of drug-likeness (QED) is 0.549. The summed E-state index contributed by atoms with van der Waals surface area (Å²) in [6, 6.07) is 6.20. The molecule has 0 aliphatic carbocycles. The summed E-state index contributed by atoms with van der Waals surface area (Å²) in [6.07, 6.45) is 0.314. The zero-order valence-corrected chi connectivity index (χ0v) is 13.7. The van der Waals surface area contributed by atoms with Crippen LogP contribution in [0.5, 0.6) is 5.75 Å². The Bertz CT molecular complexity index is 699. The molecule has 0 aliphatic heterocycles. The highest BCUT2D eigenvalue weighted by atomic mass is 16.3. The SMILES string of the molecule is CCN(C)CCCNCC(O)c1ccc(O)c2[nH]c(=O)ccc12. The molecule has 6 nitrogen and oxygen atoms in total. The topological polar surface area (TPSA) is 88.6 Å². The summed E-state index contributed by atoms with van der Waals surface area (Å²) in [7, 11) is 2.08. The number of phenolic OH excluding ortho intramolecular Hbond substituents is 1. The van der Waals surface area contributed by atoms with E-state index in [1.165, 1.54) is 12.1 Å². The van der Waals surface area contributed by atoms with Crippen LogP contribution < -0.4 is 10.9 Å². The van der Waals surface area contributed by atoms with Gasteiger partial charge >= 0.3 is 0 Å². The number of hydrogen-bond donors (Lipinski definition) is 4. The third kappa shape index (κ3) is 4.54. The van der Waals surface area contributed by atoms with Crippen molar-refractivity contribution in [3.8, 4) is 5.75 Å².